The van der Waals surface area contributed by atoms with E-state index in [0.717, 1.165) is 29.4 Å². The Morgan fingerprint density at radius 1 is 1.17 bits per heavy atom. The predicted octanol–water partition coefficient (Wildman–Crippen LogP) is 2.90. The number of aromatic nitrogens is 2. The second-order valence-electron chi connectivity index (χ2n) is 4.20. The average molecular weight is 236 g/mol. The van der Waals surface area contributed by atoms with E-state index in [0.29, 0.717) is 5.56 Å². The second-order valence-corrected chi connectivity index (χ2v) is 4.20. The fourth-order valence-corrected chi connectivity index (χ4v) is 2.10. The summed E-state index contributed by atoms with van der Waals surface area (Å²) >= 11 is 0. The van der Waals surface area contributed by atoms with Crippen LogP contribution in [-0.2, 0) is 6.54 Å². The van der Waals surface area contributed by atoms with Crippen molar-refractivity contribution in [1.82, 2.24) is 9.55 Å². The fraction of sp³-hybridized carbons (Fsp3) is 0.0667. The van der Waals surface area contributed by atoms with Gasteiger partial charge in [-0.15, -0.1) is 0 Å². The maximum absolute atomic E-state index is 10.7. The van der Waals surface area contributed by atoms with Gasteiger partial charge in [0, 0.05) is 28.9 Å². The van der Waals surface area contributed by atoms with E-state index in [1.807, 2.05) is 48.7 Å². The molecule has 0 aliphatic carbocycles. The van der Waals surface area contributed by atoms with Crippen molar-refractivity contribution in [3.8, 4) is 0 Å². The van der Waals surface area contributed by atoms with Crippen LogP contribution in [0, 0.1) is 0 Å². The summed E-state index contributed by atoms with van der Waals surface area (Å²) in [6.45, 7) is 0.741. The summed E-state index contributed by atoms with van der Waals surface area (Å²) < 4.78 is 2.13. The third kappa shape index (κ3) is 1.91. The van der Waals surface area contributed by atoms with Gasteiger partial charge in [0.2, 0.25) is 0 Å². The molecule has 0 amide bonds. The van der Waals surface area contributed by atoms with Gasteiger partial charge in [0.25, 0.3) is 0 Å². The molecule has 88 valence electrons. The Labute approximate surface area is 105 Å². The number of aldehydes is 1. The van der Waals surface area contributed by atoms with Crippen molar-refractivity contribution in [2.75, 3.05) is 0 Å². The summed E-state index contributed by atoms with van der Waals surface area (Å²) in [6, 6.07) is 13.6. The molecular weight excluding hydrogens is 224 g/mol. The van der Waals surface area contributed by atoms with Crippen LogP contribution < -0.4 is 0 Å². The lowest BCUT2D eigenvalue weighted by atomic mass is 10.2. The standard InChI is InChI=1S/C15H12N2O/c18-11-12-4-5-15-13(9-12)6-8-17(15)10-14-3-1-2-7-16-14/h1-9,11H,10H2. The van der Waals surface area contributed by atoms with Gasteiger partial charge in [0.05, 0.1) is 12.2 Å². The number of carbonyl (C=O) groups excluding carboxylic acids is 1. The number of hydrogen-bond acceptors (Lipinski definition) is 2. The summed E-state index contributed by atoms with van der Waals surface area (Å²) in [5.41, 5.74) is 2.85. The number of nitrogens with zero attached hydrogens (tertiary/aromatic N) is 2. The van der Waals surface area contributed by atoms with Crippen LogP contribution in [0.3, 0.4) is 0 Å². The van der Waals surface area contributed by atoms with Crippen LogP contribution in [0.25, 0.3) is 10.9 Å². The molecule has 2 aromatic heterocycles. The van der Waals surface area contributed by atoms with Crippen LogP contribution in [0.15, 0.2) is 54.9 Å². The first-order chi connectivity index (χ1) is 8.86. The summed E-state index contributed by atoms with van der Waals surface area (Å²) in [5.74, 6) is 0. The van der Waals surface area contributed by atoms with Crippen LogP contribution >= 0.6 is 0 Å². The Hall–Kier alpha value is -2.42. The minimum absolute atomic E-state index is 0.707. The third-order valence-corrected chi connectivity index (χ3v) is 2.99. The van der Waals surface area contributed by atoms with Crippen molar-refractivity contribution in [1.29, 1.82) is 0 Å². The van der Waals surface area contributed by atoms with Crippen LogP contribution in [0.5, 0.6) is 0 Å². The van der Waals surface area contributed by atoms with Crippen molar-refractivity contribution in [2.45, 2.75) is 6.54 Å². The van der Waals surface area contributed by atoms with Gasteiger partial charge in [0.15, 0.2) is 0 Å². The highest BCUT2D eigenvalue weighted by molar-refractivity contribution is 5.87. The number of hydrogen-bond donors (Lipinski definition) is 0. The molecule has 1 aromatic carbocycles. The van der Waals surface area contributed by atoms with Gasteiger partial charge in [0.1, 0.15) is 6.29 Å². The van der Waals surface area contributed by atoms with Crippen molar-refractivity contribution in [3.05, 3.63) is 66.1 Å². The monoisotopic (exact) mass is 236 g/mol. The Kier molecular flexibility index (Phi) is 2.65. The zero-order valence-corrected chi connectivity index (χ0v) is 9.78. The van der Waals surface area contributed by atoms with Gasteiger partial charge in [-0.3, -0.25) is 9.78 Å². The van der Waals surface area contributed by atoms with E-state index in [9.17, 15) is 4.79 Å². The van der Waals surface area contributed by atoms with Crippen LogP contribution in [0.4, 0.5) is 0 Å². The molecule has 0 aliphatic heterocycles. The largest absolute Gasteiger partial charge is 0.341 e. The van der Waals surface area contributed by atoms with Gasteiger partial charge in [-0.25, -0.2) is 0 Å². The minimum atomic E-state index is 0.707. The molecule has 0 aliphatic rings. The molecule has 0 N–H and O–H groups in total. The first-order valence-corrected chi connectivity index (χ1v) is 5.81. The predicted molar refractivity (Wildman–Crippen MR) is 70.7 cm³/mol. The quantitative estimate of drug-likeness (QED) is 0.655. The molecule has 0 saturated carbocycles. The Bertz CT molecular complexity index is 686. The smallest absolute Gasteiger partial charge is 0.150 e. The second kappa shape index (κ2) is 4.45. The molecule has 0 bridgehead atoms. The molecule has 0 radical (unpaired) electrons. The number of carbonyl (C=O) groups is 1. The van der Waals surface area contributed by atoms with E-state index in [1.165, 1.54) is 0 Å². The summed E-state index contributed by atoms with van der Waals surface area (Å²) in [5, 5.41) is 1.08. The molecule has 0 unspecified atom stereocenters. The van der Waals surface area contributed by atoms with E-state index < -0.39 is 0 Å². The van der Waals surface area contributed by atoms with Crippen molar-refractivity contribution < 1.29 is 4.79 Å². The highest BCUT2D eigenvalue weighted by Crippen LogP contribution is 2.18. The number of benzene rings is 1. The van der Waals surface area contributed by atoms with E-state index in [4.69, 9.17) is 0 Å². The molecule has 0 atom stereocenters. The summed E-state index contributed by atoms with van der Waals surface area (Å²) in [6.07, 6.45) is 4.69. The molecule has 2 heterocycles. The van der Waals surface area contributed by atoms with Crippen LogP contribution in [-0.4, -0.2) is 15.8 Å². The molecule has 0 fully saturated rings. The van der Waals surface area contributed by atoms with E-state index >= 15 is 0 Å². The Balaban J connectivity index is 2.00. The van der Waals surface area contributed by atoms with Gasteiger partial charge >= 0.3 is 0 Å². The molecule has 3 nitrogen and oxygen atoms in total. The lowest BCUT2D eigenvalue weighted by Crippen LogP contribution is -1.99. The number of rotatable bonds is 3. The summed E-state index contributed by atoms with van der Waals surface area (Å²) in [7, 11) is 0. The van der Waals surface area contributed by atoms with E-state index in [2.05, 4.69) is 9.55 Å². The van der Waals surface area contributed by atoms with Gasteiger partial charge < -0.3 is 4.57 Å². The summed E-state index contributed by atoms with van der Waals surface area (Å²) in [4.78, 5) is 15.0. The number of fused-ring (bicyclic) bond motifs is 1. The highest BCUT2D eigenvalue weighted by atomic mass is 16.1. The van der Waals surface area contributed by atoms with Gasteiger partial charge in [-0.1, -0.05) is 6.07 Å². The first kappa shape index (κ1) is 10.7. The van der Waals surface area contributed by atoms with E-state index in [-0.39, 0.29) is 0 Å². The average Bonchev–Trinajstić information content (AvgIpc) is 2.82. The minimum Gasteiger partial charge on any atom is -0.341 e. The maximum Gasteiger partial charge on any atom is 0.150 e. The SMILES string of the molecule is O=Cc1ccc2c(ccn2Cc2ccccn2)c1. The van der Waals surface area contributed by atoms with Crippen molar-refractivity contribution in [3.63, 3.8) is 0 Å². The normalized spacial score (nSPS) is 10.7. The van der Waals surface area contributed by atoms with E-state index in [1.54, 1.807) is 6.20 Å². The molecule has 3 aromatic rings. The lowest BCUT2D eigenvalue weighted by molar-refractivity contribution is 0.112. The topological polar surface area (TPSA) is 34.9 Å². The molecule has 3 heteroatoms. The third-order valence-electron chi connectivity index (χ3n) is 2.99. The number of pyridine rings is 1. The zero-order valence-electron chi connectivity index (χ0n) is 9.78. The van der Waals surface area contributed by atoms with Crippen LogP contribution in [0.2, 0.25) is 0 Å². The molecule has 18 heavy (non-hydrogen) atoms. The fourth-order valence-electron chi connectivity index (χ4n) is 2.10. The molecule has 0 spiro atoms. The molecular formula is C15H12N2O. The Morgan fingerprint density at radius 3 is 2.89 bits per heavy atom. The van der Waals surface area contributed by atoms with Gasteiger partial charge in [-0.2, -0.15) is 0 Å². The van der Waals surface area contributed by atoms with Crippen LogP contribution in [0.1, 0.15) is 16.1 Å². The van der Waals surface area contributed by atoms with Gasteiger partial charge in [-0.05, 0) is 36.4 Å². The molecule has 0 saturated heterocycles. The van der Waals surface area contributed by atoms with Crippen molar-refractivity contribution in [2.24, 2.45) is 0 Å². The first-order valence-electron chi connectivity index (χ1n) is 5.81. The zero-order chi connectivity index (χ0) is 12.4. The molecule has 3 rings (SSSR count). The highest BCUT2D eigenvalue weighted by Gasteiger charge is 2.03. The maximum atomic E-state index is 10.7. The van der Waals surface area contributed by atoms with Crippen molar-refractivity contribution >= 4 is 17.2 Å². The lowest BCUT2D eigenvalue weighted by Gasteiger charge is -2.04. The Morgan fingerprint density at radius 2 is 2.11 bits per heavy atom.